The fraction of sp³-hybridized carbons (Fsp3) is 0.700. The number of hydrogen-bond donors (Lipinski definition) is 1. The topological polar surface area (TPSA) is 78.2 Å². The maximum absolute atomic E-state index is 11.6. The monoisotopic (exact) mass is 195 g/mol. The standard InChI is InChI=1S/C10H13NO3/c11-7-3-6-10(9(13)14)5-2-1-4-8(10)12/h1-6H2,(H,13,14). The Balaban J connectivity index is 2.84. The highest BCUT2D eigenvalue weighted by Gasteiger charge is 2.46. The summed E-state index contributed by atoms with van der Waals surface area (Å²) in [6.45, 7) is 0. The van der Waals surface area contributed by atoms with E-state index in [1.165, 1.54) is 0 Å². The van der Waals surface area contributed by atoms with Gasteiger partial charge < -0.3 is 5.11 Å². The van der Waals surface area contributed by atoms with E-state index in [4.69, 9.17) is 10.4 Å². The van der Waals surface area contributed by atoms with E-state index in [0.717, 1.165) is 12.8 Å². The summed E-state index contributed by atoms with van der Waals surface area (Å²) in [5, 5.41) is 17.5. The lowest BCUT2D eigenvalue weighted by atomic mass is 9.70. The van der Waals surface area contributed by atoms with Crippen molar-refractivity contribution in [2.75, 3.05) is 0 Å². The number of carboxylic acid groups (broad SMARTS) is 1. The third-order valence-corrected chi connectivity index (χ3v) is 2.86. The molecule has 0 amide bonds. The fourth-order valence-corrected chi connectivity index (χ4v) is 1.96. The van der Waals surface area contributed by atoms with Crippen LogP contribution in [0.25, 0.3) is 0 Å². The average molecular weight is 195 g/mol. The highest BCUT2D eigenvalue weighted by molar-refractivity contribution is 6.03. The maximum Gasteiger partial charge on any atom is 0.317 e. The molecule has 1 saturated carbocycles. The molecule has 4 nitrogen and oxygen atoms in total. The van der Waals surface area contributed by atoms with Gasteiger partial charge in [-0.3, -0.25) is 9.59 Å². The number of ketones is 1. The van der Waals surface area contributed by atoms with Crippen molar-refractivity contribution in [1.82, 2.24) is 0 Å². The first-order chi connectivity index (χ1) is 6.63. The molecule has 0 aromatic heterocycles. The molecule has 1 N–H and O–H groups in total. The molecule has 4 heteroatoms. The zero-order valence-corrected chi connectivity index (χ0v) is 7.95. The Morgan fingerprint density at radius 3 is 2.79 bits per heavy atom. The highest BCUT2D eigenvalue weighted by Crippen LogP contribution is 2.37. The minimum absolute atomic E-state index is 0.137. The maximum atomic E-state index is 11.6. The quantitative estimate of drug-likeness (QED) is 0.692. The third kappa shape index (κ3) is 1.77. The fourth-order valence-electron chi connectivity index (χ4n) is 1.96. The number of aliphatic carboxylic acids is 1. The summed E-state index contributed by atoms with van der Waals surface area (Å²) >= 11 is 0. The molecule has 0 aromatic carbocycles. The number of carboxylic acids is 1. The molecule has 1 unspecified atom stereocenters. The van der Waals surface area contributed by atoms with Crippen molar-refractivity contribution < 1.29 is 14.7 Å². The van der Waals surface area contributed by atoms with E-state index in [9.17, 15) is 9.59 Å². The Labute approximate surface area is 82.5 Å². The van der Waals surface area contributed by atoms with Crippen LogP contribution < -0.4 is 0 Å². The summed E-state index contributed by atoms with van der Waals surface area (Å²) in [7, 11) is 0. The van der Waals surface area contributed by atoms with Crippen LogP contribution in [0, 0.1) is 16.7 Å². The lowest BCUT2D eigenvalue weighted by molar-refractivity contribution is -0.157. The van der Waals surface area contributed by atoms with Gasteiger partial charge in [-0.15, -0.1) is 0 Å². The molecule has 1 aliphatic carbocycles. The Bertz CT molecular complexity index is 292. The van der Waals surface area contributed by atoms with Crippen molar-refractivity contribution in [3.05, 3.63) is 0 Å². The Morgan fingerprint density at radius 2 is 2.29 bits per heavy atom. The van der Waals surface area contributed by atoms with Crippen molar-refractivity contribution in [3.63, 3.8) is 0 Å². The summed E-state index contributed by atoms with van der Waals surface area (Å²) in [5.41, 5.74) is -1.26. The van der Waals surface area contributed by atoms with Crippen molar-refractivity contribution in [2.45, 2.75) is 38.5 Å². The van der Waals surface area contributed by atoms with Crippen LogP contribution in [-0.2, 0) is 9.59 Å². The van der Waals surface area contributed by atoms with E-state index >= 15 is 0 Å². The van der Waals surface area contributed by atoms with Crippen molar-refractivity contribution in [3.8, 4) is 6.07 Å². The smallest absolute Gasteiger partial charge is 0.317 e. The zero-order chi connectivity index (χ0) is 10.6. The summed E-state index contributed by atoms with van der Waals surface area (Å²) in [4.78, 5) is 22.6. The molecule has 0 saturated heterocycles. The van der Waals surface area contributed by atoms with E-state index < -0.39 is 11.4 Å². The molecule has 0 bridgehead atoms. The van der Waals surface area contributed by atoms with Crippen LogP contribution in [0.15, 0.2) is 0 Å². The van der Waals surface area contributed by atoms with E-state index in [1.807, 2.05) is 6.07 Å². The minimum Gasteiger partial charge on any atom is -0.480 e. The number of nitriles is 1. The zero-order valence-electron chi connectivity index (χ0n) is 7.95. The van der Waals surface area contributed by atoms with Gasteiger partial charge in [-0.1, -0.05) is 6.42 Å². The van der Waals surface area contributed by atoms with Crippen LogP contribution in [0.2, 0.25) is 0 Å². The molecule has 1 rings (SSSR count). The van der Waals surface area contributed by atoms with Gasteiger partial charge in [0.2, 0.25) is 0 Å². The van der Waals surface area contributed by atoms with Gasteiger partial charge >= 0.3 is 5.97 Å². The van der Waals surface area contributed by atoms with Gasteiger partial charge in [0.15, 0.2) is 0 Å². The van der Waals surface area contributed by atoms with Gasteiger partial charge in [0.05, 0.1) is 6.07 Å². The second-order valence-electron chi connectivity index (χ2n) is 3.68. The van der Waals surface area contributed by atoms with Gasteiger partial charge in [0.1, 0.15) is 11.2 Å². The number of carbonyl (C=O) groups excluding carboxylic acids is 1. The predicted octanol–water partition coefficient (Wildman–Crippen LogP) is 1.50. The van der Waals surface area contributed by atoms with Crippen molar-refractivity contribution >= 4 is 11.8 Å². The van der Waals surface area contributed by atoms with Gasteiger partial charge in [-0.2, -0.15) is 5.26 Å². The molecular weight excluding hydrogens is 182 g/mol. The number of hydrogen-bond acceptors (Lipinski definition) is 3. The molecule has 14 heavy (non-hydrogen) atoms. The Kier molecular flexibility index (Phi) is 3.23. The largest absolute Gasteiger partial charge is 0.480 e. The summed E-state index contributed by atoms with van der Waals surface area (Å²) in [5.74, 6) is -1.26. The van der Waals surface area contributed by atoms with E-state index in [2.05, 4.69) is 0 Å². The average Bonchev–Trinajstić information content (AvgIpc) is 2.16. The van der Waals surface area contributed by atoms with E-state index in [0.29, 0.717) is 12.8 Å². The molecule has 0 spiro atoms. The predicted molar refractivity (Wildman–Crippen MR) is 48.4 cm³/mol. The Hall–Kier alpha value is -1.37. The molecule has 1 aliphatic rings. The van der Waals surface area contributed by atoms with Crippen LogP contribution in [0.5, 0.6) is 0 Å². The van der Waals surface area contributed by atoms with Gasteiger partial charge in [-0.05, 0) is 19.3 Å². The number of nitrogens with zero attached hydrogens (tertiary/aromatic N) is 1. The summed E-state index contributed by atoms with van der Waals surface area (Å²) in [6, 6.07) is 1.90. The van der Waals surface area contributed by atoms with Gasteiger partial charge in [-0.25, -0.2) is 0 Å². The van der Waals surface area contributed by atoms with E-state index in [-0.39, 0.29) is 18.6 Å². The Morgan fingerprint density at radius 1 is 1.57 bits per heavy atom. The second kappa shape index (κ2) is 4.23. The van der Waals surface area contributed by atoms with Crippen LogP contribution >= 0.6 is 0 Å². The lowest BCUT2D eigenvalue weighted by Gasteiger charge is -2.30. The van der Waals surface area contributed by atoms with Crippen LogP contribution in [0.1, 0.15) is 38.5 Å². The first-order valence-corrected chi connectivity index (χ1v) is 4.77. The molecule has 0 radical (unpaired) electrons. The molecule has 0 aliphatic heterocycles. The van der Waals surface area contributed by atoms with Gasteiger partial charge in [0.25, 0.3) is 0 Å². The lowest BCUT2D eigenvalue weighted by Crippen LogP contribution is -2.41. The highest BCUT2D eigenvalue weighted by atomic mass is 16.4. The molecular formula is C10H13NO3. The first kappa shape index (κ1) is 10.7. The SMILES string of the molecule is N#CCCC1(C(=O)O)CCCCC1=O. The van der Waals surface area contributed by atoms with Crippen molar-refractivity contribution in [1.29, 1.82) is 5.26 Å². The van der Waals surface area contributed by atoms with Crippen LogP contribution in [0.3, 0.4) is 0 Å². The summed E-state index contributed by atoms with van der Waals surface area (Å²) < 4.78 is 0. The molecule has 0 aromatic rings. The van der Waals surface area contributed by atoms with Gasteiger partial charge in [0, 0.05) is 12.8 Å². The molecule has 76 valence electrons. The second-order valence-corrected chi connectivity index (χ2v) is 3.68. The molecule has 1 atom stereocenters. The van der Waals surface area contributed by atoms with Crippen molar-refractivity contribution in [2.24, 2.45) is 5.41 Å². The number of rotatable bonds is 3. The summed E-state index contributed by atoms with van der Waals surface area (Å²) in [6.07, 6.45) is 2.58. The molecule has 0 heterocycles. The third-order valence-electron chi connectivity index (χ3n) is 2.86. The number of Topliss-reactive ketones (excluding diaryl/α,β-unsaturated/α-hetero) is 1. The van der Waals surface area contributed by atoms with Crippen LogP contribution in [0.4, 0.5) is 0 Å². The minimum atomic E-state index is -1.26. The van der Waals surface area contributed by atoms with E-state index in [1.54, 1.807) is 0 Å². The van der Waals surface area contributed by atoms with Crippen LogP contribution in [-0.4, -0.2) is 16.9 Å². The normalized spacial score (nSPS) is 26.9. The first-order valence-electron chi connectivity index (χ1n) is 4.77. The molecule has 1 fully saturated rings. The number of carbonyl (C=O) groups is 2.